The minimum absolute atomic E-state index is 0.497. The predicted molar refractivity (Wildman–Crippen MR) is 44.5 cm³/mol. The van der Waals surface area contributed by atoms with Crippen LogP contribution in [-0.4, -0.2) is 5.11 Å². The molecule has 11 heavy (non-hydrogen) atoms. The normalized spacial score (nSPS) is 15.9. The van der Waals surface area contributed by atoms with Crippen molar-refractivity contribution in [3.8, 4) is 0 Å². The first-order valence-corrected chi connectivity index (χ1v) is 3.68. The van der Waals surface area contributed by atoms with Crippen LogP contribution >= 0.6 is 16.3 Å². The molecule has 1 aromatic rings. The Balaban J connectivity index is 2.93. The molecule has 0 fully saturated rings. The van der Waals surface area contributed by atoms with Gasteiger partial charge in [-0.2, -0.15) is 0 Å². The van der Waals surface area contributed by atoms with Crippen LogP contribution in [0.2, 0.25) is 0 Å². The van der Waals surface area contributed by atoms with Crippen LogP contribution in [0, 0.1) is 0 Å². The number of hydrogen-bond donors (Lipinski definition) is 2. The van der Waals surface area contributed by atoms with Crippen molar-refractivity contribution in [1.29, 1.82) is 0 Å². The van der Waals surface area contributed by atoms with Gasteiger partial charge in [-0.25, -0.2) is 0 Å². The molecule has 1 rings (SSSR count). The van der Waals surface area contributed by atoms with Crippen molar-refractivity contribution in [3.63, 3.8) is 0 Å². The van der Waals surface area contributed by atoms with E-state index in [1.54, 1.807) is 24.3 Å². The third-order valence-corrected chi connectivity index (χ3v) is 1.80. The topological polar surface area (TPSA) is 55.5 Å². The van der Waals surface area contributed by atoms with Crippen molar-refractivity contribution >= 4 is 16.3 Å². The van der Waals surface area contributed by atoms with Crippen LogP contribution in [0.3, 0.4) is 0 Å². The van der Waals surface area contributed by atoms with Gasteiger partial charge in [0.25, 0.3) is 5.91 Å². The number of nitrogens with two attached hydrogens (primary N) is 1. The second kappa shape index (κ2) is 3.32. The van der Waals surface area contributed by atoms with E-state index < -0.39 is 5.91 Å². The Bertz CT molecular complexity index is 225. The van der Waals surface area contributed by atoms with E-state index >= 15 is 0 Å². The molecule has 0 aliphatic carbocycles. The van der Waals surface area contributed by atoms with Gasteiger partial charge in [0.05, 0.1) is 0 Å². The maximum absolute atomic E-state index is 9.30. The Morgan fingerprint density at radius 3 is 2.36 bits per heavy atom. The molecule has 0 saturated heterocycles. The molecule has 0 radical (unpaired) electrons. The van der Waals surface area contributed by atoms with E-state index in [1.807, 2.05) is 6.07 Å². The van der Waals surface area contributed by atoms with E-state index in [0.717, 1.165) is 0 Å². The van der Waals surface area contributed by atoms with Crippen LogP contribution in [0.15, 0.2) is 30.3 Å². The Morgan fingerprint density at radius 2 is 1.91 bits per heavy atom. The number of halogens is 1. The Kier molecular flexibility index (Phi) is 2.62. The van der Waals surface area contributed by atoms with E-state index in [4.69, 9.17) is 5.73 Å². The van der Waals surface area contributed by atoms with Gasteiger partial charge >= 0.3 is 0 Å². The smallest absolute Gasteiger partial charge is 0.262 e. The SMILES string of the molecule is NC(O)(OBr)c1ccccc1. The summed E-state index contributed by atoms with van der Waals surface area (Å²) in [6.07, 6.45) is 0. The Morgan fingerprint density at radius 1 is 1.36 bits per heavy atom. The molecule has 4 heteroatoms. The van der Waals surface area contributed by atoms with Crippen molar-refractivity contribution < 1.29 is 8.93 Å². The number of benzene rings is 1. The fraction of sp³-hybridized carbons (Fsp3) is 0.143. The van der Waals surface area contributed by atoms with Gasteiger partial charge in [0.15, 0.2) is 0 Å². The van der Waals surface area contributed by atoms with Gasteiger partial charge in [0.2, 0.25) is 0 Å². The van der Waals surface area contributed by atoms with Gasteiger partial charge in [-0.3, -0.25) is 9.56 Å². The highest BCUT2D eigenvalue weighted by molar-refractivity contribution is 9.06. The molecule has 0 amide bonds. The lowest BCUT2D eigenvalue weighted by Gasteiger charge is -2.18. The van der Waals surface area contributed by atoms with Crippen molar-refractivity contribution in [3.05, 3.63) is 35.9 Å². The van der Waals surface area contributed by atoms with Gasteiger partial charge in [-0.1, -0.05) is 30.3 Å². The average molecular weight is 218 g/mol. The van der Waals surface area contributed by atoms with E-state index in [-0.39, 0.29) is 0 Å². The minimum Gasteiger partial charge on any atom is -0.349 e. The molecule has 0 aliphatic rings. The molecule has 0 heterocycles. The Labute approximate surface area is 73.2 Å². The van der Waals surface area contributed by atoms with Gasteiger partial charge in [-0.05, 0) is 0 Å². The molecule has 1 aromatic carbocycles. The van der Waals surface area contributed by atoms with Crippen LogP contribution in [0.4, 0.5) is 0 Å². The lowest BCUT2D eigenvalue weighted by Crippen LogP contribution is -2.36. The average Bonchev–Trinajstić information content (AvgIpc) is 2.06. The standard InChI is InChI=1S/C7H8BrNO2/c8-11-7(9,10)6-4-2-1-3-5-6/h1-5,10H,9H2. The van der Waals surface area contributed by atoms with Crippen LogP contribution in [0.25, 0.3) is 0 Å². The highest BCUT2D eigenvalue weighted by atomic mass is 79.9. The van der Waals surface area contributed by atoms with Gasteiger partial charge in [0, 0.05) is 5.56 Å². The number of hydrogen-bond acceptors (Lipinski definition) is 3. The molecule has 0 bridgehead atoms. The lowest BCUT2D eigenvalue weighted by molar-refractivity contribution is -0.121. The van der Waals surface area contributed by atoms with Gasteiger partial charge in [0.1, 0.15) is 16.3 Å². The van der Waals surface area contributed by atoms with Gasteiger partial charge < -0.3 is 5.11 Å². The summed E-state index contributed by atoms with van der Waals surface area (Å²) < 4.78 is 4.47. The third-order valence-electron chi connectivity index (χ3n) is 1.31. The highest BCUT2D eigenvalue weighted by Gasteiger charge is 2.23. The summed E-state index contributed by atoms with van der Waals surface area (Å²) in [5.41, 5.74) is 5.82. The molecule has 0 spiro atoms. The molecule has 60 valence electrons. The zero-order valence-electron chi connectivity index (χ0n) is 5.70. The molecular formula is C7H8BrNO2. The van der Waals surface area contributed by atoms with E-state index in [9.17, 15) is 5.11 Å². The van der Waals surface area contributed by atoms with E-state index in [0.29, 0.717) is 5.56 Å². The summed E-state index contributed by atoms with van der Waals surface area (Å²) in [5.74, 6) is -1.75. The molecule has 1 atom stereocenters. The fourth-order valence-electron chi connectivity index (χ4n) is 0.721. The number of aliphatic hydroxyl groups is 1. The predicted octanol–water partition coefficient (Wildman–Crippen LogP) is 1.07. The first-order chi connectivity index (χ1) is 5.17. The van der Waals surface area contributed by atoms with E-state index in [2.05, 4.69) is 20.1 Å². The first kappa shape index (κ1) is 8.67. The van der Waals surface area contributed by atoms with Crippen molar-refractivity contribution in [2.24, 2.45) is 5.73 Å². The van der Waals surface area contributed by atoms with Crippen molar-refractivity contribution in [1.82, 2.24) is 0 Å². The fourth-order valence-corrected chi connectivity index (χ4v) is 0.908. The second-order valence-electron chi connectivity index (χ2n) is 2.14. The summed E-state index contributed by atoms with van der Waals surface area (Å²) in [4.78, 5) is 0. The zero-order chi connectivity index (χ0) is 8.32. The molecule has 3 N–H and O–H groups in total. The maximum atomic E-state index is 9.30. The van der Waals surface area contributed by atoms with Crippen LogP contribution in [0.1, 0.15) is 5.56 Å². The minimum atomic E-state index is -1.75. The highest BCUT2D eigenvalue weighted by Crippen LogP contribution is 2.17. The summed E-state index contributed by atoms with van der Waals surface area (Å²) in [7, 11) is 0. The molecule has 0 saturated carbocycles. The van der Waals surface area contributed by atoms with Crippen molar-refractivity contribution in [2.45, 2.75) is 5.91 Å². The largest absolute Gasteiger partial charge is 0.349 e. The summed E-state index contributed by atoms with van der Waals surface area (Å²) >= 11 is 2.63. The lowest BCUT2D eigenvalue weighted by atomic mass is 10.2. The third kappa shape index (κ3) is 2.00. The second-order valence-corrected chi connectivity index (χ2v) is 2.46. The van der Waals surface area contributed by atoms with Crippen LogP contribution < -0.4 is 5.73 Å². The summed E-state index contributed by atoms with van der Waals surface area (Å²) in [5, 5.41) is 9.30. The summed E-state index contributed by atoms with van der Waals surface area (Å²) in [6, 6.07) is 8.69. The monoisotopic (exact) mass is 217 g/mol. The molecule has 3 nitrogen and oxygen atoms in total. The van der Waals surface area contributed by atoms with Crippen molar-refractivity contribution in [2.75, 3.05) is 0 Å². The van der Waals surface area contributed by atoms with Gasteiger partial charge in [-0.15, -0.1) is 0 Å². The van der Waals surface area contributed by atoms with Crippen LogP contribution in [0.5, 0.6) is 0 Å². The molecule has 0 aromatic heterocycles. The molecule has 1 unspecified atom stereocenters. The quantitative estimate of drug-likeness (QED) is 0.730. The molecule has 0 aliphatic heterocycles. The molecular weight excluding hydrogens is 210 g/mol. The van der Waals surface area contributed by atoms with E-state index in [1.165, 1.54) is 0 Å². The zero-order valence-corrected chi connectivity index (χ0v) is 7.28. The first-order valence-electron chi connectivity index (χ1n) is 3.03. The van der Waals surface area contributed by atoms with Crippen LogP contribution in [-0.2, 0) is 9.74 Å². The maximum Gasteiger partial charge on any atom is 0.262 e. The Hall–Kier alpha value is -0.420. The summed E-state index contributed by atoms with van der Waals surface area (Å²) in [6.45, 7) is 0. The number of rotatable bonds is 2.